The molecule has 34 heavy (non-hydrogen) atoms. The normalized spacial score (nSPS) is 23.4. The Morgan fingerprint density at radius 2 is 1.97 bits per heavy atom. The second-order valence-corrected chi connectivity index (χ2v) is 9.82. The minimum atomic E-state index is -1.12. The number of pyridine rings is 1. The Balaban J connectivity index is 1.30. The maximum atomic E-state index is 12.5. The highest BCUT2D eigenvalue weighted by Gasteiger charge is 2.42. The van der Waals surface area contributed by atoms with E-state index in [0.29, 0.717) is 5.92 Å². The SMILES string of the molecule is O=C(OC1CCCCC1)ON(C1CC(CCc2ccc3c(n2)NCCC3)C1)[C@@H](CCO)C(=O)O. The van der Waals surface area contributed by atoms with E-state index in [2.05, 4.69) is 17.4 Å². The van der Waals surface area contributed by atoms with Crippen LogP contribution in [-0.2, 0) is 27.2 Å². The molecule has 188 valence electrons. The summed E-state index contributed by atoms with van der Waals surface area (Å²) in [5, 5.41) is 23.7. The molecule has 0 amide bonds. The van der Waals surface area contributed by atoms with Crippen LogP contribution in [0, 0.1) is 5.92 Å². The summed E-state index contributed by atoms with van der Waals surface area (Å²) in [5.74, 6) is 0.285. The van der Waals surface area contributed by atoms with Gasteiger partial charge in [0.1, 0.15) is 18.0 Å². The zero-order valence-electron chi connectivity index (χ0n) is 19.8. The number of carboxylic acid groups (broad SMARTS) is 1. The molecule has 1 aliphatic heterocycles. The van der Waals surface area contributed by atoms with Gasteiger partial charge < -0.3 is 25.1 Å². The number of carbonyl (C=O) groups is 2. The number of carbonyl (C=O) groups excluding carboxylic acids is 1. The number of nitrogens with one attached hydrogen (secondary N) is 1. The van der Waals surface area contributed by atoms with Crippen molar-refractivity contribution in [2.24, 2.45) is 5.92 Å². The number of aliphatic hydroxyl groups excluding tert-OH is 1. The average molecular weight is 476 g/mol. The number of rotatable bonds is 10. The topological polar surface area (TPSA) is 121 Å². The van der Waals surface area contributed by atoms with E-state index in [4.69, 9.17) is 14.6 Å². The van der Waals surface area contributed by atoms with Gasteiger partial charge in [0.25, 0.3) is 0 Å². The summed E-state index contributed by atoms with van der Waals surface area (Å²) in [6.07, 6.45) is 9.24. The number of aromatic nitrogens is 1. The van der Waals surface area contributed by atoms with Crippen LogP contribution >= 0.6 is 0 Å². The molecule has 3 aliphatic rings. The highest BCUT2D eigenvalue weighted by molar-refractivity contribution is 5.73. The molecule has 2 heterocycles. The molecule has 1 aromatic heterocycles. The molecule has 2 saturated carbocycles. The minimum absolute atomic E-state index is 0.0146. The van der Waals surface area contributed by atoms with Crippen LogP contribution in [0.3, 0.4) is 0 Å². The van der Waals surface area contributed by atoms with Crippen molar-refractivity contribution in [1.82, 2.24) is 10.0 Å². The van der Waals surface area contributed by atoms with Crippen LogP contribution in [-0.4, -0.2) is 63.7 Å². The standard InChI is InChI=1S/C25H37N3O6/c29-14-12-22(24(30)31)28(34-25(32)33-21-6-2-1-3-7-21)20-15-17(16-20)8-10-19-11-9-18-5-4-13-26-23(18)27-19/h9,11,17,20-22,29H,1-8,10,12-16H2,(H,26,27)(H,30,31)/t17?,20?,22-/m0/s1. The number of carboxylic acids is 1. The molecule has 0 saturated heterocycles. The molecule has 1 atom stereocenters. The summed E-state index contributed by atoms with van der Waals surface area (Å²) in [6, 6.07) is 2.96. The summed E-state index contributed by atoms with van der Waals surface area (Å²) in [6.45, 7) is 0.661. The predicted octanol–water partition coefficient (Wildman–Crippen LogP) is 3.69. The molecule has 3 N–H and O–H groups in total. The Hall–Kier alpha value is -2.39. The zero-order chi connectivity index (χ0) is 23.9. The number of hydroxylamine groups is 2. The van der Waals surface area contributed by atoms with Gasteiger partial charge in [-0.15, -0.1) is 5.06 Å². The van der Waals surface area contributed by atoms with Gasteiger partial charge in [-0.3, -0.25) is 4.79 Å². The van der Waals surface area contributed by atoms with Crippen LogP contribution in [0.1, 0.15) is 75.5 Å². The number of aryl methyl sites for hydroxylation is 2. The summed E-state index contributed by atoms with van der Waals surface area (Å²) in [4.78, 5) is 34.5. The number of ether oxygens (including phenoxy) is 1. The number of fused-ring (bicyclic) bond motifs is 1. The van der Waals surface area contributed by atoms with Crippen molar-refractivity contribution in [2.75, 3.05) is 18.5 Å². The first-order valence-corrected chi connectivity index (χ1v) is 12.8. The summed E-state index contributed by atoms with van der Waals surface area (Å²) in [7, 11) is 0. The average Bonchev–Trinajstić information content (AvgIpc) is 2.81. The number of hydrogen-bond acceptors (Lipinski definition) is 8. The highest BCUT2D eigenvalue weighted by Crippen LogP contribution is 2.37. The van der Waals surface area contributed by atoms with Crippen molar-refractivity contribution in [1.29, 1.82) is 0 Å². The van der Waals surface area contributed by atoms with Crippen LogP contribution in [0.5, 0.6) is 0 Å². The van der Waals surface area contributed by atoms with Crippen LogP contribution in [0.4, 0.5) is 10.6 Å². The quantitative estimate of drug-likeness (QED) is 0.343. The van der Waals surface area contributed by atoms with Crippen molar-refractivity contribution in [3.63, 3.8) is 0 Å². The Kier molecular flexibility index (Phi) is 8.61. The van der Waals surface area contributed by atoms with Crippen molar-refractivity contribution >= 4 is 17.9 Å². The lowest BCUT2D eigenvalue weighted by Crippen LogP contribution is -2.53. The van der Waals surface area contributed by atoms with Crippen molar-refractivity contribution < 1.29 is 29.4 Å². The molecule has 1 aromatic rings. The molecule has 2 aliphatic carbocycles. The van der Waals surface area contributed by atoms with Crippen LogP contribution in [0.25, 0.3) is 0 Å². The Bertz CT molecular complexity index is 838. The molecular formula is C25H37N3O6. The van der Waals surface area contributed by atoms with E-state index in [1.807, 2.05) is 0 Å². The molecule has 0 radical (unpaired) electrons. The van der Waals surface area contributed by atoms with Gasteiger partial charge >= 0.3 is 12.1 Å². The maximum absolute atomic E-state index is 12.5. The molecule has 9 nitrogen and oxygen atoms in total. The fourth-order valence-corrected chi connectivity index (χ4v) is 5.31. The van der Waals surface area contributed by atoms with E-state index in [9.17, 15) is 19.8 Å². The second kappa shape index (κ2) is 11.8. The van der Waals surface area contributed by atoms with Crippen molar-refractivity contribution in [3.05, 3.63) is 23.4 Å². The number of nitrogens with zero attached hydrogens (tertiary/aromatic N) is 2. The van der Waals surface area contributed by atoms with Gasteiger partial charge in [0.05, 0.1) is 0 Å². The minimum Gasteiger partial charge on any atom is -0.480 e. The number of aliphatic carboxylic acids is 1. The van der Waals surface area contributed by atoms with Gasteiger partial charge in [0, 0.05) is 24.9 Å². The number of hydrogen-bond donors (Lipinski definition) is 3. The van der Waals surface area contributed by atoms with Gasteiger partial charge in [0.2, 0.25) is 0 Å². The predicted molar refractivity (Wildman–Crippen MR) is 125 cm³/mol. The van der Waals surface area contributed by atoms with Gasteiger partial charge in [-0.25, -0.2) is 9.78 Å². The zero-order valence-corrected chi connectivity index (χ0v) is 19.8. The third-order valence-corrected chi connectivity index (χ3v) is 7.32. The first-order valence-electron chi connectivity index (χ1n) is 12.8. The third-order valence-electron chi connectivity index (χ3n) is 7.32. The smallest absolute Gasteiger partial charge is 0.480 e. The molecule has 0 unspecified atom stereocenters. The van der Waals surface area contributed by atoms with E-state index in [-0.39, 0.29) is 25.2 Å². The first-order chi connectivity index (χ1) is 16.5. The fraction of sp³-hybridized carbons (Fsp3) is 0.720. The Morgan fingerprint density at radius 3 is 2.71 bits per heavy atom. The molecular weight excluding hydrogens is 438 g/mol. The maximum Gasteiger partial charge on any atom is 0.528 e. The van der Waals surface area contributed by atoms with E-state index in [1.165, 1.54) is 10.6 Å². The molecule has 0 bridgehead atoms. The first kappa shape index (κ1) is 24.7. The lowest BCUT2D eigenvalue weighted by atomic mass is 9.76. The van der Waals surface area contributed by atoms with E-state index in [0.717, 1.165) is 88.7 Å². The van der Waals surface area contributed by atoms with Crippen LogP contribution < -0.4 is 5.32 Å². The van der Waals surface area contributed by atoms with Crippen LogP contribution in [0.2, 0.25) is 0 Å². The highest BCUT2D eigenvalue weighted by atomic mass is 16.8. The lowest BCUT2D eigenvalue weighted by Gasteiger charge is -2.43. The van der Waals surface area contributed by atoms with Gasteiger partial charge in [-0.2, -0.15) is 0 Å². The monoisotopic (exact) mass is 475 g/mol. The van der Waals surface area contributed by atoms with Gasteiger partial charge in [-0.05, 0) is 88.2 Å². The summed E-state index contributed by atoms with van der Waals surface area (Å²) >= 11 is 0. The van der Waals surface area contributed by atoms with E-state index in [1.54, 1.807) is 0 Å². The molecule has 4 rings (SSSR count). The van der Waals surface area contributed by atoms with Gasteiger partial charge in [-0.1, -0.05) is 12.5 Å². The van der Waals surface area contributed by atoms with Crippen molar-refractivity contribution in [2.45, 2.75) is 95.2 Å². The van der Waals surface area contributed by atoms with Crippen molar-refractivity contribution in [3.8, 4) is 0 Å². The Labute approximate surface area is 200 Å². The second-order valence-electron chi connectivity index (χ2n) is 9.82. The molecule has 0 aromatic carbocycles. The molecule has 2 fully saturated rings. The fourth-order valence-electron chi connectivity index (χ4n) is 5.31. The lowest BCUT2D eigenvalue weighted by molar-refractivity contribution is -0.216. The summed E-state index contributed by atoms with van der Waals surface area (Å²) < 4.78 is 5.45. The number of anilines is 1. The molecule has 9 heteroatoms. The van der Waals surface area contributed by atoms with E-state index < -0.39 is 18.2 Å². The number of aliphatic hydroxyl groups is 1. The van der Waals surface area contributed by atoms with Crippen LogP contribution in [0.15, 0.2) is 12.1 Å². The summed E-state index contributed by atoms with van der Waals surface area (Å²) in [5.41, 5.74) is 2.33. The molecule has 0 spiro atoms. The largest absolute Gasteiger partial charge is 0.528 e. The Morgan fingerprint density at radius 1 is 1.18 bits per heavy atom. The van der Waals surface area contributed by atoms with Gasteiger partial charge in [0.15, 0.2) is 0 Å². The third kappa shape index (κ3) is 6.39. The van der Waals surface area contributed by atoms with E-state index >= 15 is 0 Å².